The quantitative estimate of drug-likeness (QED) is 0.665. The van der Waals surface area contributed by atoms with Gasteiger partial charge in [-0.2, -0.15) is 5.10 Å². The van der Waals surface area contributed by atoms with Gasteiger partial charge in [0.25, 0.3) is 5.56 Å². The van der Waals surface area contributed by atoms with Gasteiger partial charge in [0.05, 0.1) is 18.9 Å². The summed E-state index contributed by atoms with van der Waals surface area (Å²) >= 11 is 0. The van der Waals surface area contributed by atoms with E-state index in [2.05, 4.69) is 10.1 Å². The van der Waals surface area contributed by atoms with Crippen LogP contribution in [0, 0.1) is 6.92 Å². The second kappa shape index (κ2) is 6.66. The van der Waals surface area contributed by atoms with E-state index in [9.17, 15) is 9.59 Å². The third-order valence-corrected chi connectivity index (χ3v) is 3.80. The van der Waals surface area contributed by atoms with Gasteiger partial charge in [0.2, 0.25) is 0 Å². The second-order valence-electron chi connectivity index (χ2n) is 5.64. The van der Waals surface area contributed by atoms with Crippen molar-refractivity contribution in [2.75, 3.05) is 0 Å². The summed E-state index contributed by atoms with van der Waals surface area (Å²) in [4.78, 5) is 28.3. The number of carbonyl (C=O) groups is 1. The number of carbonyl (C=O) groups excluding carboxylic acids is 1. The van der Waals surface area contributed by atoms with Crippen LogP contribution < -0.4 is 5.56 Å². The molecule has 7 heteroatoms. The van der Waals surface area contributed by atoms with Gasteiger partial charge in [-0.3, -0.25) is 18.8 Å². The van der Waals surface area contributed by atoms with E-state index in [0.29, 0.717) is 11.0 Å². The molecular formula is C17H18N4O3. The first-order valence-electron chi connectivity index (χ1n) is 7.63. The summed E-state index contributed by atoms with van der Waals surface area (Å²) in [7, 11) is 1.72. The molecule has 0 fully saturated rings. The highest BCUT2D eigenvalue weighted by Crippen LogP contribution is 2.06. The topological polar surface area (TPSA) is 79.0 Å². The van der Waals surface area contributed by atoms with Crippen molar-refractivity contribution in [2.24, 2.45) is 7.05 Å². The largest absolute Gasteiger partial charge is 0.461 e. The molecular weight excluding hydrogens is 308 g/mol. The lowest BCUT2D eigenvalue weighted by Crippen LogP contribution is -2.22. The number of benzene rings is 1. The second-order valence-corrected chi connectivity index (χ2v) is 5.64. The predicted molar refractivity (Wildman–Crippen MR) is 88.4 cm³/mol. The van der Waals surface area contributed by atoms with Gasteiger partial charge in [-0.15, -0.1) is 0 Å². The van der Waals surface area contributed by atoms with Crippen molar-refractivity contribution in [1.29, 1.82) is 0 Å². The maximum atomic E-state index is 12.3. The smallest absolute Gasteiger partial charge is 0.307 e. The molecule has 0 atom stereocenters. The monoisotopic (exact) mass is 326 g/mol. The van der Waals surface area contributed by atoms with Crippen molar-refractivity contribution >= 4 is 17.0 Å². The molecule has 2 heterocycles. The summed E-state index contributed by atoms with van der Waals surface area (Å²) in [6, 6.07) is 7.79. The van der Waals surface area contributed by atoms with E-state index in [0.717, 1.165) is 11.1 Å². The molecule has 3 rings (SSSR count). The summed E-state index contributed by atoms with van der Waals surface area (Å²) in [6.07, 6.45) is 3.02. The minimum absolute atomic E-state index is 0.110. The fourth-order valence-corrected chi connectivity index (χ4v) is 2.36. The Bertz CT molecular complexity index is 925. The summed E-state index contributed by atoms with van der Waals surface area (Å²) in [5, 5.41) is 4.45. The molecule has 1 aromatic carbocycles. The van der Waals surface area contributed by atoms with Crippen molar-refractivity contribution in [1.82, 2.24) is 19.3 Å². The fraction of sp³-hybridized carbons (Fsp3) is 0.294. The zero-order chi connectivity index (χ0) is 17.1. The van der Waals surface area contributed by atoms with E-state index in [1.807, 2.05) is 31.2 Å². The Hall–Kier alpha value is -2.96. The van der Waals surface area contributed by atoms with E-state index in [-0.39, 0.29) is 31.1 Å². The van der Waals surface area contributed by atoms with Crippen LogP contribution in [-0.4, -0.2) is 25.3 Å². The zero-order valence-electron chi connectivity index (χ0n) is 13.6. The van der Waals surface area contributed by atoms with E-state index < -0.39 is 0 Å². The van der Waals surface area contributed by atoms with Gasteiger partial charge in [0, 0.05) is 13.6 Å². The van der Waals surface area contributed by atoms with Crippen molar-refractivity contribution in [2.45, 2.75) is 26.5 Å². The normalized spacial score (nSPS) is 10.9. The lowest BCUT2D eigenvalue weighted by atomic mass is 10.2. The van der Waals surface area contributed by atoms with Crippen LogP contribution >= 0.6 is 0 Å². The number of fused-ring (bicyclic) bond motifs is 1. The Balaban J connectivity index is 1.59. The van der Waals surface area contributed by atoms with Gasteiger partial charge < -0.3 is 4.74 Å². The Kier molecular flexibility index (Phi) is 4.41. The van der Waals surface area contributed by atoms with Crippen LogP contribution in [0.5, 0.6) is 0 Å². The molecule has 0 saturated carbocycles. The van der Waals surface area contributed by atoms with Crippen LogP contribution in [0.1, 0.15) is 17.5 Å². The number of nitrogens with zero attached hydrogens (tertiary/aromatic N) is 4. The Morgan fingerprint density at radius 2 is 2.00 bits per heavy atom. The van der Waals surface area contributed by atoms with Crippen LogP contribution in [0.15, 0.2) is 41.6 Å². The highest BCUT2D eigenvalue weighted by Gasteiger charge is 2.10. The highest BCUT2D eigenvalue weighted by atomic mass is 16.5. The zero-order valence-corrected chi connectivity index (χ0v) is 13.6. The van der Waals surface area contributed by atoms with E-state index >= 15 is 0 Å². The minimum atomic E-state index is -0.353. The summed E-state index contributed by atoms with van der Waals surface area (Å²) < 4.78 is 8.17. The Morgan fingerprint density at radius 3 is 2.75 bits per heavy atom. The highest BCUT2D eigenvalue weighted by molar-refractivity contribution is 5.73. The number of hydrogen-bond acceptors (Lipinski definition) is 5. The number of esters is 1. The average molecular weight is 326 g/mol. The molecule has 0 unspecified atom stereocenters. The molecule has 0 saturated heterocycles. The van der Waals surface area contributed by atoms with Crippen LogP contribution in [0.4, 0.5) is 0 Å². The van der Waals surface area contributed by atoms with Crippen LogP contribution in [0.2, 0.25) is 0 Å². The third-order valence-electron chi connectivity index (χ3n) is 3.80. The van der Waals surface area contributed by atoms with Gasteiger partial charge in [0.1, 0.15) is 12.0 Å². The molecule has 0 aliphatic heterocycles. The van der Waals surface area contributed by atoms with Crippen LogP contribution in [0.3, 0.4) is 0 Å². The molecule has 0 aliphatic rings. The lowest BCUT2D eigenvalue weighted by molar-refractivity contribution is -0.145. The third kappa shape index (κ3) is 3.34. The van der Waals surface area contributed by atoms with Crippen LogP contribution in [0.25, 0.3) is 11.0 Å². The van der Waals surface area contributed by atoms with Crippen molar-refractivity contribution in [3.05, 3.63) is 58.3 Å². The Labute approximate surface area is 138 Å². The van der Waals surface area contributed by atoms with Gasteiger partial charge in [-0.1, -0.05) is 29.8 Å². The standard InChI is InChI=1S/C17H18N4O3/c1-12-3-5-13(6-4-12)10-24-15(22)7-8-21-11-18-16-14(17(21)23)9-19-20(16)2/h3-6,9,11H,7-8,10H2,1-2H3. The first kappa shape index (κ1) is 15.9. The molecule has 124 valence electrons. The molecule has 2 aromatic heterocycles. The molecule has 0 spiro atoms. The molecule has 0 aliphatic carbocycles. The van der Waals surface area contributed by atoms with Gasteiger partial charge in [-0.25, -0.2) is 4.98 Å². The van der Waals surface area contributed by atoms with Crippen molar-refractivity contribution < 1.29 is 9.53 Å². The van der Waals surface area contributed by atoms with Gasteiger partial charge >= 0.3 is 5.97 Å². The van der Waals surface area contributed by atoms with Gasteiger partial charge in [0.15, 0.2) is 5.65 Å². The molecule has 3 aromatic rings. The maximum Gasteiger partial charge on any atom is 0.307 e. The molecule has 0 N–H and O–H groups in total. The van der Waals surface area contributed by atoms with E-state index in [1.165, 1.54) is 21.8 Å². The Morgan fingerprint density at radius 1 is 1.25 bits per heavy atom. The minimum Gasteiger partial charge on any atom is -0.461 e. The van der Waals surface area contributed by atoms with E-state index in [4.69, 9.17) is 4.74 Å². The average Bonchev–Trinajstić information content (AvgIpc) is 2.96. The molecule has 7 nitrogen and oxygen atoms in total. The predicted octanol–water partition coefficient (Wildman–Crippen LogP) is 1.57. The van der Waals surface area contributed by atoms with Gasteiger partial charge in [-0.05, 0) is 12.5 Å². The first-order chi connectivity index (χ1) is 11.5. The molecule has 0 bridgehead atoms. The number of hydrogen-bond donors (Lipinski definition) is 0. The summed E-state index contributed by atoms with van der Waals surface area (Å²) in [5.74, 6) is -0.353. The van der Waals surface area contributed by atoms with Crippen LogP contribution in [-0.2, 0) is 29.7 Å². The lowest BCUT2D eigenvalue weighted by Gasteiger charge is -2.07. The fourth-order valence-electron chi connectivity index (χ4n) is 2.36. The SMILES string of the molecule is Cc1ccc(COC(=O)CCn2cnc3c(cnn3C)c2=O)cc1. The maximum absolute atomic E-state index is 12.3. The number of ether oxygens (including phenoxy) is 1. The summed E-state index contributed by atoms with van der Waals surface area (Å²) in [5.41, 5.74) is 2.41. The molecule has 0 radical (unpaired) electrons. The molecule has 24 heavy (non-hydrogen) atoms. The molecule has 0 amide bonds. The number of rotatable bonds is 5. The van der Waals surface area contributed by atoms with Crippen molar-refractivity contribution in [3.63, 3.8) is 0 Å². The number of aromatic nitrogens is 4. The number of aryl methyl sites for hydroxylation is 3. The van der Waals surface area contributed by atoms with Crippen molar-refractivity contribution in [3.8, 4) is 0 Å². The summed E-state index contributed by atoms with van der Waals surface area (Å²) in [6.45, 7) is 2.46. The first-order valence-corrected chi connectivity index (χ1v) is 7.63. The van der Waals surface area contributed by atoms with E-state index in [1.54, 1.807) is 7.05 Å².